The van der Waals surface area contributed by atoms with Gasteiger partial charge in [0.05, 0.1) is 25.2 Å². The number of carbonyl (C=O) groups is 2. The third kappa shape index (κ3) is 5.07. The van der Waals surface area contributed by atoms with Crippen LogP contribution in [-0.4, -0.2) is 25.2 Å². The van der Waals surface area contributed by atoms with Crippen molar-refractivity contribution in [3.8, 4) is 6.07 Å². The van der Waals surface area contributed by atoms with Crippen molar-refractivity contribution in [3.63, 3.8) is 0 Å². The molecule has 2 rings (SSSR count). The molecule has 5 nitrogen and oxygen atoms in total. The zero-order chi connectivity index (χ0) is 20.7. The van der Waals surface area contributed by atoms with E-state index in [1.54, 1.807) is 0 Å². The molecule has 2 fully saturated rings. The van der Waals surface area contributed by atoms with Gasteiger partial charge in [-0.15, -0.1) is 0 Å². The molecule has 2 atom stereocenters. The van der Waals surface area contributed by atoms with Gasteiger partial charge in [0.2, 0.25) is 0 Å². The van der Waals surface area contributed by atoms with Gasteiger partial charge in [-0.05, 0) is 49.4 Å². The van der Waals surface area contributed by atoms with E-state index in [2.05, 4.69) is 6.07 Å². The highest BCUT2D eigenvalue weighted by molar-refractivity contribution is 5.88. The number of rotatable bonds is 9. The van der Waals surface area contributed by atoms with E-state index < -0.39 is 17.3 Å². The second-order valence-electron chi connectivity index (χ2n) is 9.50. The number of nitriles is 1. The van der Waals surface area contributed by atoms with Gasteiger partial charge in [-0.2, -0.15) is 5.26 Å². The van der Waals surface area contributed by atoms with Crippen LogP contribution in [0.3, 0.4) is 0 Å². The molecule has 2 aliphatic rings. The molecule has 0 aliphatic heterocycles. The number of esters is 2. The largest absolute Gasteiger partial charge is 0.465 e. The predicted molar refractivity (Wildman–Crippen MR) is 107 cm³/mol. The summed E-state index contributed by atoms with van der Waals surface area (Å²) < 4.78 is 11.2. The van der Waals surface area contributed by atoms with Gasteiger partial charge in [0.25, 0.3) is 0 Å². The van der Waals surface area contributed by atoms with Crippen molar-refractivity contribution in [2.45, 2.75) is 79.1 Å². The van der Waals surface area contributed by atoms with E-state index >= 15 is 0 Å². The summed E-state index contributed by atoms with van der Waals surface area (Å²) in [5.74, 6) is -1.32. The molecule has 2 aliphatic carbocycles. The van der Waals surface area contributed by atoms with Crippen LogP contribution in [0.25, 0.3) is 0 Å². The van der Waals surface area contributed by atoms with Crippen molar-refractivity contribution in [1.29, 1.82) is 5.26 Å². The molecule has 5 heteroatoms. The van der Waals surface area contributed by atoms with Crippen molar-refractivity contribution >= 4 is 11.9 Å². The summed E-state index contributed by atoms with van der Waals surface area (Å²) >= 11 is 0. The van der Waals surface area contributed by atoms with Crippen molar-refractivity contribution in [1.82, 2.24) is 0 Å². The van der Waals surface area contributed by atoms with Gasteiger partial charge >= 0.3 is 11.9 Å². The summed E-state index contributed by atoms with van der Waals surface area (Å²) in [6, 6.07) is 2.35. The van der Waals surface area contributed by atoms with Gasteiger partial charge in [0.1, 0.15) is 0 Å². The Balaban J connectivity index is 2.42. The normalized spacial score (nSPS) is 21.5. The second kappa shape index (κ2) is 10.3. The lowest BCUT2D eigenvalue weighted by atomic mass is 9.62. The molecular weight excluding hydrogens is 354 g/mol. The summed E-state index contributed by atoms with van der Waals surface area (Å²) in [7, 11) is 0. The predicted octanol–water partition coefficient (Wildman–Crippen LogP) is 4.89. The fourth-order valence-corrected chi connectivity index (χ4v) is 4.88. The third-order valence-corrected chi connectivity index (χ3v) is 6.24. The Kier molecular flexibility index (Phi) is 8.34. The van der Waals surface area contributed by atoms with Crippen LogP contribution in [0.4, 0.5) is 0 Å². The van der Waals surface area contributed by atoms with Crippen LogP contribution in [0.15, 0.2) is 0 Å². The Hall–Kier alpha value is -1.57. The van der Waals surface area contributed by atoms with Crippen molar-refractivity contribution < 1.29 is 19.1 Å². The second-order valence-corrected chi connectivity index (χ2v) is 9.50. The first kappa shape index (κ1) is 22.7. The zero-order valence-corrected chi connectivity index (χ0v) is 18.0. The summed E-state index contributed by atoms with van der Waals surface area (Å²) in [5.41, 5.74) is -1.42. The highest BCUT2D eigenvalue weighted by Gasteiger charge is 2.59. The fourth-order valence-electron chi connectivity index (χ4n) is 4.88. The van der Waals surface area contributed by atoms with Gasteiger partial charge in [0, 0.05) is 0 Å². The van der Waals surface area contributed by atoms with E-state index in [4.69, 9.17) is 9.47 Å². The van der Waals surface area contributed by atoms with Crippen molar-refractivity contribution in [2.24, 2.45) is 35.0 Å². The van der Waals surface area contributed by atoms with Crippen LogP contribution in [0.1, 0.15) is 79.1 Å². The van der Waals surface area contributed by atoms with Gasteiger partial charge < -0.3 is 9.47 Å². The fraction of sp³-hybridized carbons (Fsp3) is 0.870. The molecule has 0 spiro atoms. The monoisotopic (exact) mass is 391 g/mol. The van der Waals surface area contributed by atoms with Gasteiger partial charge in [-0.25, -0.2) is 0 Å². The number of hydrogen-bond acceptors (Lipinski definition) is 5. The highest BCUT2D eigenvalue weighted by atomic mass is 16.5. The topological polar surface area (TPSA) is 76.4 Å². The Morgan fingerprint density at radius 3 is 1.93 bits per heavy atom. The lowest BCUT2D eigenvalue weighted by molar-refractivity contribution is -0.173. The van der Waals surface area contributed by atoms with Gasteiger partial charge in [-0.3, -0.25) is 9.59 Å². The lowest BCUT2D eigenvalue weighted by Gasteiger charge is -2.39. The van der Waals surface area contributed by atoms with Crippen molar-refractivity contribution in [3.05, 3.63) is 0 Å². The molecule has 0 saturated heterocycles. The van der Waals surface area contributed by atoms with Gasteiger partial charge in [0.15, 0.2) is 5.41 Å². The first-order valence-electron chi connectivity index (χ1n) is 11.1. The number of hydrogen-bond donors (Lipinski definition) is 0. The number of carbonyl (C=O) groups excluding carboxylic acids is 2. The molecule has 0 aromatic heterocycles. The Bertz CT molecular complexity index is 568. The standard InChI is InChI=1S/C23H37NO4/c1-16(2)13-27-21(25)20(18-9-5-6-10-18)23(15-24,19-11-7-8-12-19)22(26)28-14-17(3)4/h16-20H,5-14H2,1-4H3. The first-order chi connectivity index (χ1) is 13.3. The molecule has 2 saturated carbocycles. The first-order valence-corrected chi connectivity index (χ1v) is 11.1. The van der Waals surface area contributed by atoms with Crippen molar-refractivity contribution in [2.75, 3.05) is 13.2 Å². The molecule has 2 unspecified atom stereocenters. The molecule has 28 heavy (non-hydrogen) atoms. The molecule has 0 radical (unpaired) electrons. The third-order valence-electron chi connectivity index (χ3n) is 6.24. The summed E-state index contributed by atoms with van der Waals surface area (Å²) in [6.07, 6.45) is 7.38. The average Bonchev–Trinajstić information content (AvgIpc) is 3.36. The Morgan fingerprint density at radius 2 is 1.43 bits per heavy atom. The smallest absolute Gasteiger partial charge is 0.327 e. The molecule has 0 aromatic rings. The van der Waals surface area contributed by atoms with E-state index in [1.165, 1.54) is 0 Å². The van der Waals surface area contributed by atoms with Gasteiger partial charge in [-0.1, -0.05) is 53.4 Å². The average molecular weight is 392 g/mol. The summed E-state index contributed by atoms with van der Waals surface area (Å²) in [6.45, 7) is 8.51. The van der Waals surface area contributed by atoms with Crippen LogP contribution in [0.5, 0.6) is 0 Å². The van der Waals surface area contributed by atoms with E-state index in [1.807, 2.05) is 27.7 Å². The SMILES string of the molecule is CC(C)COC(=O)C(C1CCCC1)C(C#N)(C(=O)OCC(C)C)C1CCCC1. The molecule has 0 N–H and O–H groups in total. The lowest BCUT2D eigenvalue weighted by Crippen LogP contribution is -2.51. The van der Waals surface area contributed by atoms with Crippen LogP contribution < -0.4 is 0 Å². The maximum atomic E-state index is 13.4. The van der Waals surface area contributed by atoms with Crippen LogP contribution in [-0.2, 0) is 19.1 Å². The minimum absolute atomic E-state index is 0.0199. The minimum atomic E-state index is -1.42. The van der Waals surface area contributed by atoms with E-state index in [-0.39, 0.29) is 36.2 Å². The maximum absolute atomic E-state index is 13.4. The molecule has 0 amide bonds. The molecule has 0 bridgehead atoms. The van der Waals surface area contributed by atoms with E-state index in [0.29, 0.717) is 6.61 Å². The minimum Gasteiger partial charge on any atom is -0.465 e. The molecule has 158 valence electrons. The summed E-state index contributed by atoms with van der Waals surface area (Å²) in [5, 5.41) is 10.4. The number of ether oxygens (including phenoxy) is 2. The van der Waals surface area contributed by atoms with Crippen LogP contribution >= 0.6 is 0 Å². The molecule has 0 heterocycles. The molecule has 0 aromatic carbocycles. The van der Waals surface area contributed by atoms with E-state index in [9.17, 15) is 14.9 Å². The zero-order valence-electron chi connectivity index (χ0n) is 18.0. The Labute approximate surface area is 170 Å². The Morgan fingerprint density at radius 1 is 0.929 bits per heavy atom. The quantitative estimate of drug-likeness (QED) is 0.523. The van der Waals surface area contributed by atoms with Crippen LogP contribution in [0.2, 0.25) is 0 Å². The summed E-state index contributed by atoms with van der Waals surface area (Å²) in [4.78, 5) is 26.6. The maximum Gasteiger partial charge on any atom is 0.327 e. The highest BCUT2D eigenvalue weighted by Crippen LogP contribution is 2.51. The van der Waals surface area contributed by atoms with E-state index in [0.717, 1.165) is 51.4 Å². The van der Waals surface area contributed by atoms with Crippen LogP contribution in [0, 0.1) is 46.3 Å². The molecular formula is C23H37NO4. The number of nitrogens with zero attached hydrogens (tertiary/aromatic N) is 1.